The van der Waals surface area contributed by atoms with Crippen LogP contribution >= 0.6 is 0 Å². The fraction of sp³-hybridized carbons (Fsp3) is 0.353. The molecule has 0 radical (unpaired) electrons. The summed E-state index contributed by atoms with van der Waals surface area (Å²) in [6.45, 7) is -0.199. The summed E-state index contributed by atoms with van der Waals surface area (Å²) in [5, 5.41) is 43.6. The van der Waals surface area contributed by atoms with Crippen LogP contribution in [-0.2, 0) is 43.2 Å². The van der Waals surface area contributed by atoms with Gasteiger partial charge in [-0.3, -0.25) is 19.2 Å². The molecule has 4 amide bonds. The number of para-hydroxylation sites is 1. The highest BCUT2D eigenvalue weighted by atomic mass is 16.4. The zero-order valence-electron chi connectivity index (χ0n) is 27.0. The van der Waals surface area contributed by atoms with Gasteiger partial charge in [0.15, 0.2) is 0 Å². The summed E-state index contributed by atoms with van der Waals surface area (Å²) in [4.78, 5) is 76.0. The Hall–Kier alpha value is -5.74. The van der Waals surface area contributed by atoms with Gasteiger partial charge in [-0.1, -0.05) is 30.3 Å². The minimum Gasteiger partial charge on any atom is -0.508 e. The van der Waals surface area contributed by atoms with Crippen molar-refractivity contribution in [2.75, 3.05) is 13.2 Å². The second kappa shape index (κ2) is 16.6. The van der Waals surface area contributed by atoms with Crippen LogP contribution in [0.5, 0.6) is 5.75 Å². The molecule has 0 spiro atoms. The van der Waals surface area contributed by atoms with Gasteiger partial charge in [0.25, 0.3) is 0 Å². The van der Waals surface area contributed by atoms with Gasteiger partial charge in [-0.15, -0.1) is 0 Å². The number of hydrogen-bond donors (Lipinski definition) is 10. The van der Waals surface area contributed by atoms with Crippen molar-refractivity contribution < 1.29 is 39.3 Å². The van der Waals surface area contributed by atoms with Crippen LogP contribution in [0.2, 0.25) is 0 Å². The molecule has 0 saturated carbocycles. The van der Waals surface area contributed by atoms with Crippen molar-refractivity contribution in [3.63, 3.8) is 0 Å². The van der Waals surface area contributed by atoms with Crippen molar-refractivity contribution in [2.24, 2.45) is 0 Å². The number of H-pyrrole nitrogens is 2. The van der Waals surface area contributed by atoms with Gasteiger partial charge in [-0.2, -0.15) is 0 Å². The zero-order chi connectivity index (χ0) is 35.6. The van der Waals surface area contributed by atoms with E-state index in [4.69, 9.17) is 0 Å². The third-order valence-corrected chi connectivity index (χ3v) is 8.53. The van der Waals surface area contributed by atoms with E-state index in [0.717, 1.165) is 17.3 Å². The predicted molar refractivity (Wildman–Crippen MR) is 180 cm³/mol. The first kappa shape index (κ1) is 35.6. The monoisotopic (exact) mass is 688 g/mol. The minimum absolute atomic E-state index is 0.0113. The summed E-state index contributed by atoms with van der Waals surface area (Å²) in [6.07, 6.45) is 5.96. The molecule has 0 bridgehead atoms. The molecule has 50 heavy (non-hydrogen) atoms. The predicted octanol–water partition coefficient (Wildman–Crippen LogP) is -0.607. The molecule has 1 aliphatic heterocycles. The topological polar surface area (TPSA) is 251 Å². The van der Waals surface area contributed by atoms with Crippen LogP contribution in [0.3, 0.4) is 0 Å². The molecular formula is C34H40N8O8. The number of carbonyl (C=O) groups excluding carboxylic acids is 4. The van der Waals surface area contributed by atoms with Gasteiger partial charge in [0.05, 0.1) is 19.0 Å². The van der Waals surface area contributed by atoms with Gasteiger partial charge >= 0.3 is 5.97 Å². The smallest absolute Gasteiger partial charge is 0.326 e. The minimum atomic E-state index is -1.57. The number of aliphatic hydroxyl groups is 1. The van der Waals surface area contributed by atoms with Crippen molar-refractivity contribution in [3.8, 4) is 5.75 Å². The molecule has 5 atom stereocenters. The molecule has 1 fully saturated rings. The van der Waals surface area contributed by atoms with E-state index < -0.39 is 60.5 Å². The highest BCUT2D eigenvalue weighted by Crippen LogP contribution is 2.20. The third kappa shape index (κ3) is 9.24. The van der Waals surface area contributed by atoms with Crippen molar-refractivity contribution in [1.29, 1.82) is 0 Å². The first-order valence-corrected chi connectivity index (χ1v) is 16.2. The van der Waals surface area contributed by atoms with Crippen molar-refractivity contribution in [1.82, 2.24) is 41.5 Å². The van der Waals surface area contributed by atoms with Gasteiger partial charge in [0.1, 0.15) is 29.9 Å². The molecule has 5 rings (SSSR count). The number of aromatic amines is 2. The van der Waals surface area contributed by atoms with E-state index in [0.29, 0.717) is 29.8 Å². The summed E-state index contributed by atoms with van der Waals surface area (Å²) >= 11 is 0. The lowest BCUT2D eigenvalue weighted by Crippen LogP contribution is -2.60. The van der Waals surface area contributed by atoms with Gasteiger partial charge in [-0.25, -0.2) is 9.78 Å². The lowest BCUT2D eigenvalue weighted by Gasteiger charge is -2.26. The Morgan fingerprint density at radius 1 is 0.820 bits per heavy atom. The fourth-order valence-corrected chi connectivity index (χ4v) is 5.81. The highest BCUT2D eigenvalue weighted by molar-refractivity contribution is 5.96. The van der Waals surface area contributed by atoms with E-state index >= 15 is 0 Å². The summed E-state index contributed by atoms with van der Waals surface area (Å²) in [6, 6.07) is 7.29. The number of imidazole rings is 1. The Labute approximate surface area is 286 Å². The summed E-state index contributed by atoms with van der Waals surface area (Å²) in [5.41, 5.74) is 2.56. The average Bonchev–Trinajstić information content (AvgIpc) is 3.90. The summed E-state index contributed by atoms with van der Waals surface area (Å²) < 4.78 is 0. The molecule has 10 N–H and O–H groups in total. The number of benzene rings is 2. The Balaban J connectivity index is 1.34. The van der Waals surface area contributed by atoms with E-state index in [1.807, 2.05) is 24.3 Å². The van der Waals surface area contributed by atoms with Gasteiger partial charge in [0, 0.05) is 48.3 Å². The Morgan fingerprint density at radius 2 is 1.50 bits per heavy atom. The van der Waals surface area contributed by atoms with Gasteiger partial charge in [-0.05, 0) is 48.7 Å². The number of rotatable bonds is 16. The van der Waals surface area contributed by atoms with Crippen LogP contribution in [0.4, 0.5) is 0 Å². The largest absolute Gasteiger partial charge is 0.508 e. The maximum absolute atomic E-state index is 13.9. The number of aromatic hydroxyl groups is 1. The maximum atomic E-state index is 13.9. The number of aliphatic hydroxyl groups excluding tert-OH is 1. The third-order valence-electron chi connectivity index (χ3n) is 8.53. The van der Waals surface area contributed by atoms with E-state index in [1.54, 1.807) is 6.20 Å². The molecule has 16 heteroatoms. The Morgan fingerprint density at radius 3 is 2.16 bits per heavy atom. The van der Waals surface area contributed by atoms with Crippen LogP contribution in [0.15, 0.2) is 67.3 Å². The molecule has 1 saturated heterocycles. The quantitative estimate of drug-likeness (QED) is 0.0715. The molecule has 2 aromatic carbocycles. The SMILES string of the molecule is O=C(O)[C@H](Cc1ccc(O)cc1)NC(=O)[C@H](CO)NC(=O)[C@H](Cc1c[nH]c2ccccc12)NC(=O)[C@H](Cc1cnc[nH]1)NC(=O)[C@@H]1CCCN1. The van der Waals surface area contributed by atoms with Gasteiger partial charge < -0.3 is 51.9 Å². The number of nitrogens with zero attached hydrogens (tertiary/aromatic N) is 1. The lowest BCUT2D eigenvalue weighted by molar-refractivity contribution is -0.142. The number of carboxylic acid groups (broad SMARTS) is 1. The number of aliphatic carboxylic acids is 1. The molecule has 4 aromatic rings. The number of nitrogens with one attached hydrogen (secondary N) is 7. The van der Waals surface area contributed by atoms with E-state index in [9.17, 15) is 39.3 Å². The van der Waals surface area contributed by atoms with E-state index in [-0.39, 0.29) is 30.9 Å². The zero-order valence-corrected chi connectivity index (χ0v) is 27.0. The number of aromatic nitrogens is 3. The maximum Gasteiger partial charge on any atom is 0.326 e. The van der Waals surface area contributed by atoms with Crippen LogP contribution < -0.4 is 26.6 Å². The number of carboxylic acids is 1. The first-order chi connectivity index (χ1) is 24.1. The van der Waals surface area contributed by atoms with Crippen molar-refractivity contribution in [2.45, 2.75) is 62.3 Å². The molecule has 3 heterocycles. The normalized spacial score (nSPS) is 16.5. The molecular weight excluding hydrogens is 648 g/mol. The number of phenolic OH excluding ortho intramolecular Hbond substituents is 1. The summed E-state index contributed by atoms with van der Waals surface area (Å²) in [5.74, 6) is -4.18. The number of phenols is 1. The van der Waals surface area contributed by atoms with Crippen LogP contribution in [0.25, 0.3) is 10.9 Å². The molecule has 264 valence electrons. The second-order valence-electron chi connectivity index (χ2n) is 12.1. The lowest BCUT2D eigenvalue weighted by atomic mass is 10.0. The highest BCUT2D eigenvalue weighted by Gasteiger charge is 2.33. The summed E-state index contributed by atoms with van der Waals surface area (Å²) in [7, 11) is 0. The van der Waals surface area contributed by atoms with E-state index in [2.05, 4.69) is 41.5 Å². The number of hydrogen-bond acceptors (Lipinski definition) is 9. The number of amides is 4. The average molecular weight is 689 g/mol. The standard InChI is InChI=1S/C34H40N8O8/c43-17-29(33(48)41-28(34(49)50)12-19-7-9-22(44)10-8-19)42-31(46)26(13-20-15-37-24-5-2-1-4-23(20)24)39-32(47)27(14-21-16-35-18-38-21)40-30(45)25-6-3-11-36-25/h1-2,4-5,7-10,15-16,18,25-29,36-37,43-44H,3,6,11-14,17H2,(H,35,38)(H,39,47)(H,40,45)(H,41,48)(H,42,46)(H,49,50)/t25-,26-,27-,28-,29-/m0/s1. The molecule has 1 aliphatic rings. The fourth-order valence-electron chi connectivity index (χ4n) is 5.81. The number of fused-ring (bicyclic) bond motifs is 1. The van der Waals surface area contributed by atoms with Crippen LogP contribution in [0.1, 0.15) is 29.7 Å². The van der Waals surface area contributed by atoms with Crippen LogP contribution in [-0.4, -0.2) is 103 Å². The molecule has 2 aromatic heterocycles. The first-order valence-electron chi connectivity index (χ1n) is 16.2. The van der Waals surface area contributed by atoms with Crippen LogP contribution in [0, 0.1) is 0 Å². The van der Waals surface area contributed by atoms with E-state index in [1.165, 1.54) is 36.8 Å². The van der Waals surface area contributed by atoms with Crippen molar-refractivity contribution in [3.05, 3.63) is 84.1 Å². The molecule has 16 nitrogen and oxygen atoms in total. The second-order valence-corrected chi connectivity index (χ2v) is 12.1. The molecule has 0 aliphatic carbocycles. The Kier molecular flexibility index (Phi) is 11.8. The Bertz CT molecular complexity index is 1790. The number of carbonyl (C=O) groups is 5. The van der Waals surface area contributed by atoms with Gasteiger partial charge in [0.2, 0.25) is 23.6 Å². The van der Waals surface area contributed by atoms with Crippen molar-refractivity contribution >= 4 is 40.5 Å². The molecule has 0 unspecified atom stereocenters.